The first-order valence-corrected chi connectivity index (χ1v) is 9.44. The predicted octanol–water partition coefficient (Wildman–Crippen LogP) is 2.81. The highest BCUT2D eigenvalue weighted by molar-refractivity contribution is 5.99. The standard InChI is InChI=1S/C20H31N3O2/c1-19(2)15-23(12-13-25-19)20(10-6-3-7-11-20)14-22-18(24)16-8-4-5-9-17(16)21/h4-5,8-9H,3,6-7,10-15,21H2,1-2H3,(H,22,24). The zero-order chi connectivity index (χ0) is 17.9. The van der Waals surface area contributed by atoms with Crippen molar-refractivity contribution < 1.29 is 9.53 Å². The number of carbonyl (C=O) groups is 1. The van der Waals surface area contributed by atoms with Crippen LogP contribution in [-0.2, 0) is 4.74 Å². The van der Waals surface area contributed by atoms with Crippen LogP contribution in [0.25, 0.3) is 0 Å². The number of carbonyl (C=O) groups excluding carboxylic acids is 1. The second kappa shape index (κ2) is 7.34. The van der Waals surface area contributed by atoms with Crippen LogP contribution in [-0.4, -0.2) is 48.2 Å². The normalized spacial score (nSPS) is 23.1. The molecule has 0 aromatic heterocycles. The number of hydrogen-bond donors (Lipinski definition) is 2. The number of para-hydroxylation sites is 1. The maximum absolute atomic E-state index is 12.6. The molecule has 0 bridgehead atoms. The Morgan fingerprint density at radius 1 is 1.24 bits per heavy atom. The van der Waals surface area contributed by atoms with Crippen LogP contribution in [0, 0.1) is 0 Å². The van der Waals surface area contributed by atoms with Gasteiger partial charge in [0.15, 0.2) is 0 Å². The number of benzene rings is 1. The van der Waals surface area contributed by atoms with Gasteiger partial charge in [0.05, 0.1) is 17.8 Å². The van der Waals surface area contributed by atoms with Crippen molar-refractivity contribution in [2.24, 2.45) is 0 Å². The molecule has 1 aliphatic carbocycles. The SMILES string of the molecule is CC1(C)CN(C2(CNC(=O)c3ccccc3N)CCCCC2)CCO1. The summed E-state index contributed by atoms with van der Waals surface area (Å²) in [5.74, 6) is -0.0735. The van der Waals surface area contributed by atoms with Gasteiger partial charge in [0.1, 0.15) is 0 Å². The molecule has 25 heavy (non-hydrogen) atoms. The van der Waals surface area contributed by atoms with Gasteiger partial charge in [-0.3, -0.25) is 9.69 Å². The molecule has 1 aromatic carbocycles. The predicted molar refractivity (Wildman–Crippen MR) is 101 cm³/mol. The maximum atomic E-state index is 12.6. The van der Waals surface area contributed by atoms with Crippen LogP contribution in [0.5, 0.6) is 0 Å². The van der Waals surface area contributed by atoms with Gasteiger partial charge in [0.2, 0.25) is 0 Å². The number of anilines is 1. The molecule has 0 atom stereocenters. The van der Waals surface area contributed by atoms with Crippen LogP contribution in [0.3, 0.4) is 0 Å². The van der Waals surface area contributed by atoms with Crippen LogP contribution in [0.2, 0.25) is 0 Å². The van der Waals surface area contributed by atoms with Crippen LogP contribution in [0.15, 0.2) is 24.3 Å². The third-order valence-corrected chi connectivity index (χ3v) is 5.66. The molecule has 1 heterocycles. The van der Waals surface area contributed by atoms with Gasteiger partial charge < -0.3 is 15.8 Å². The molecule has 2 fully saturated rings. The van der Waals surface area contributed by atoms with Crippen molar-refractivity contribution >= 4 is 11.6 Å². The molecule has 1 saturated heterocycles. The minimum Gasteiger partial charge on any atom is -0.398 e. The molecule has 1 aliphatic heterocycles. The minimum atomic E-state index is -0.128. The number of ether oxygens (including phenoxy) is 1. The molecule has 138 valence electrons. The molecule has 0 spiro atoms. The Hall–Kier alpha value is -1.59. The van der Waals surface area contributed by atoms with Gasteiger partial charge in [-0.15, -0.1) is 0 Å². The number of morpholine rings is 1. The molecule has 0 unspecified atom stereocenters. The second-order valence-corrected chi connectivity index (χ2v) is 8.08. The van der Waals surface area contributed by atoms with Crippen molar-refractivity contribution in [3.63, 3.8) is 0 Å². The van der Waals surface area contributed by atoms with Gasteiger partial charge in [0.25, 0.3) is 5.91 Å². The smallest absolute Gasteiger partial charge is 0.253 e. The molecule has 5 nitrogen and oxygen atoms in total. The fraction of sp³-hybridized carbons (Fsp3) is 0.650. The van der Waals surface area contributed by atoms with E-state index in [0.717, 1.165) is 32.5 Å². The molecular formula is C20H31N3O2. The topological polar surface area (TPSA) is 67.6 Å². The molecular weight excluding hydrogens is 314 g/mol. The lowest BCUT2D eigenvalue weighted by molar-refractivity contribution is -0.122. The number of nitrogens with one attached hydrogen (secondary N) is 1. The highest BCUT2D eigenvalue weighted by Crippen LogP contribution is 2.36. The highest BCUT2D eigenvalue weighted by atomic mass is 16.5. The number of nitrogen functional groups attached to an aromatic ring is 1. The van der Waals surface area contributed by atoms with E-state index in [1.165, 1.54) is 19.3 Å². The Labute approximate surface area is 150 Å². The van der Waals surface area contributed by atoms with Crippen LogP contribution < -0.4 is 11.1 Å². The van der Waals surface area contributed by atoms with Crippen LogP contribution >= 0.6 is 0 Å². The summed E-state index contributed by atoms with van der Waals surface area (Å²) >= 11 is 0. The Morgan fingerprint density at radius 3 is 2.64 bits per heavy atom. The van der Waals surface area contributed by atoms with Crippen LogP contribution in [0.4, 0.5) is 5.69 Å². The summed E-state index contributed by atoms with van der Waals surface area (Å²) < 4.78 is 5.90. The number of rotatable bonds is 4. The molecule has 3 rings (SSSR count). The fourth-order valence-electron chi connectivity index (χ4n) is 4.28. The van der Waals surface area contributed by atoms with Crippen molar-refractivity contribution in [1.29, 1.82) is 0 Å². The third kappa shape index (κ3) is 4.15. The monoisotopic (exact) mass is 345 g/mol. The summed E-state index contributed by atoms with van der Waals surface area (Å²) in [4.78, 5) is 15.2. The van der Waals surface area contributed by atoms with E-state index in [4.69, 9.17) is 10.5 Å². The summed E-state index contributed by atoms with van der Waals surface area (Å²) in [5.41, 5.74) is 6.96. The highest BCUT2D eigenvalue weighted by Gasteiger charge is 2.42. The Bertz CT molecular complexity index is 609. The van der Waals surface area contributed by atoms with Crippen LogP contribution in [0.1, 0.15) is 56.3 Å². The lowest BCUT2D eigenvalue weighted by Gasteiger charge is -2.51. The van der Waals surface area contributed by atoms with E-state index in [0.29, 0.717) is 17.8 Å². The number of nitrogens with two attached hydrogens (primary N) is 1. The van der Waals surface area contributed by atoms with E-state index in [9.17, 15) is 4.79 Å². The average Bonchev–Trinajstić information content (AvgIpc) is 2.60. The van der Waals surface area contributed by atoms with E-state index in [-0.39, 0.29) is 17.0 Å². The van der Waals surface area contributed by atoms with Gasteiger partial charge in [-0.05, 0) is 38.8 Å². The Balaban J connectivity index is 1.73. The zero-order valence-corrected chi connectivity index (χ0v) is 15.5. The van der Waals surface area contributed by atoms with E-state index in [2.05, 4.69) is 24.1 Å². The van der Waals surface area contributed by atoms with Gasteiger partial charge in [-0.1, -0.05) is 31.4 Å². The number of hydrogen-bond acceptors (Lipinski definition) is 4. The van der Waals surface area contributed by atoms with Crippen molar-refractivity contribution in [3.05, 3.63) is 29.8 Å². The van der Waals surface area contributed by atoms with Gasteiger partial charge in [-0.2, -0.15) is 0 Å². The fourth-order valence-corrected chi connectivity index (χ4v) is 4.28. The van der Waals surface area contributed by atoms with E-state index >= 15 is 0 Å². The molecule has 1 amide bonds. The molecule has 2 aliphatic rings. The summed E-state index contributed by atoms with van der Waals surface area (Å²) in [6.45, 7) is 7.59. The van der Waals surface area contributed by atoms with Gasteiger partial charge in [0, 0.05) is 30.9 Å². The minimum absolute atomic E-state index is 0.0402. The first-order chi connectivity index (χ1) is 11.9. The van der Waals surface area contributed by atoms with E-state index < -0.39 is 0 Å². The average molecular weight is 345 g/mol. The number of nitrogens with zero attached hydrogens (tertiary/aromatic N) is 1. The molecule has 0 radical (unpaired) electrons. The lowest BCUT2D eigenvalue weighted by Crippen LogP contribution is -2.63. The zero-order valence-electron chi connectivity index (χ0n) is 15.5. The first kappa shape index (κ1) is 18.2. The van der Waals surface area contributed by atoms with E-state index in [1.807, 2.05) is 12.1 Å². The first-order valence-electron chi connectivity index (χ1n) is 9.44. The van der Waals surface area contributed by atoms with Gasteiger partial charge >= 0.3 is 0 Å². The molecule has 1 aromatic rings. The van der Waals surface area contributed by atoms with Crippen molar-refractivity contribution in [1.82, 2.24) is 10.2 Å². The third-order valence-electron chi connectivity index (χ3n) is 5.66. The van der Waals surface area contributed by atoms with Crippen molar-refractivity contribution in [2.75, 3.05) is 32.0 Å². The Morgan fingerprint density at radius 2 is 1.96 bits per heavy atom. The van der Waals surface area contributed by atoms with Gasteiger partial charge in [-0.25, -0.2) is 0 Å². The molecule has 1 saturated carbocycles. The van der Waals surface area contributed by atoms with E-state index in [1.54, 1.807) is 12.1 Å². The summed E-state index contributed by atoms with van der Waals surface area (Å²) in [7, 11) is 0. The Kier molecular flexibility index (Phi) is 5.35. The molecule has 5 heteroatoms. The quantitative estimate of drug-likeness (QED) is 0.824. The second-order valence-electron chi connectivity index (χ2n) is 8.08. The largest absolute Gasteiger partial charge is 0.398 e. The maximum Gasteiger partial charge on any atom is 0.253 e. The summed E-state index contributed by atoms with van der Waals surface area (Å²) in [6, 6.07) is 7.27. The number of amides is 1. The van der Waals surface area contributed by atoms with Crippen molar-refractivity contribution in [2.45, 2.75) is 57.1 Å². The van der Waals surface area contributed by atoms with Crippen molar-refractivity contribution in [3.8, 4) is 0 Å². The molecule has 3 N–H and O–H groups in total. The lowest BCUT2D eigenvalue weighted by atomic mass is 9.79. The summed E-state index contributed by atoms with van der Waals surface area (Å²) in [6.07, 6.45) is 6.00. The summed E-state index contributed by atoms with van der Waals surface area (Å²) in [5, 5.41) is 3.17.